The summed E-state index contributed by atoms with van der Waals surface area (Å²) in [7, 11) is 1.53. The minimum atomic E-state index is -0.753. The molecule has 148 valence electrons. The first-order valence-electron chi connectivity index (χ1n) is 8.69. The second-order valence-electron chi connectivity index (χ2n) is 5.87. The fourth-order valence-electron chi connectivity index (χ4n) is 2.67. The maximum Gasteiger partial charge on any atom is 0.375 e. The van der Waals surface area contributed by atoms with Crippen LogP contribution in [0.3, 0.4) is 0 Å². The normalized spacial score (nSPS) is 11.0. The van der Waals surface area contributed by atoms with Crippen LogP contribution in [0.4, 0.5) is 4.39 Å². The highest BCUT2D eigenvalue weighted by molar-refractivity contribution is 7.17. The molecule has 0 unspecified atom stereocenters. The molecule has 2 heterocycles. The highest BCUT2D eigenvalue weighted by Gasteiger charge is 2.25. The maximum absolute atomic E-state index is 13.8. The molecule has 0 saturated heterocycles. The van der Waals surface area contributed by atoms with Crippen LogP contribution in [0.1, 0.15) is 23.9 Å². The Hall–Kier alpha value is -2.71. The zero-order valence-electron chi connectivity index (χ0n) is 15.5. The van der Waals surface area contributed by atoms with Gasteiger partial charge in [0.1, 0.15) is 18.2 Å². The summed E-state index contributed by atoms with van der Waals surface area (Å²) in [5, 5.41) is 2.06. The zero-order valence-corrected chi connectivity index (χ0v) is 16.3. The van der Waals surface area contributed by atoms with E-state index in [-0.39, 0.29) is 24.7 Å². The molecule has 3 aromatic rings. The Morgan fingerprint density at radius 3 is 2.79 bits per heavy atom. The lowest BCUT2D eigenvalue weighted by Crippen LogP contribution is -2.13. The molecule has 0 radical (unpaired) electrons. The molecule has 0 amide bonds. The maximum atomic E-state index is 13.8. The molecule has 0 atom stereocenters. The molecule has 0 saturated carbocycles. The van der Waals surface area contributed by atoms with Crippen LogP contribution in [0.25, 0.3) is 21.2 Å². The van der Waals surface area contributed by atoms with E-state index in [0.29, 0.717) is 34.2 Å². The van der Waals surface area contributed by atoms with Crippen molar-refractivity contribution in [2.24, 2.45) is 0 Å². The number of fused-ring (bicyclic) bond motifs is 1. The van der Waals surface area contributed by atoms with Gasteiger partial charge in [0, 0.05) is 18.7 Å². The third kappa shape index (κ3) is 4.07. The van der Waals surface area contributed by atoms with Crippen LogP contribution in [-0.4, -0.2) is 32.9 Å². The molecule has 0 aliphatic carbocycles. The standard InChI is InChI=1S/C20H19FO6S/c1-3-7-26-20(23)17-16(18-14(6-10-28-18)19(22)27-17)13-5-4-12(21)11-15(13)25-9-8-24-2/h4-6,10-11H,3,7-9H2,1-2H3. The quantitative estimate of drug-likeness (QED) is 0.411. The van der Waals surface area contributed by atoms with Gasteiger partial charge in [-0.05, 0) is 30.0 Å². The first kappa shape index (κ1) is 20.0. The fraction of sp³-hybridized carbons (Fsp3) is 0.300. The third-order valence-electron chi connectivity index (χ3n) is 3.91. The van der Waals surface area contributed by atoms with E-state index in [4.69, 9.17) is 18.6 Å². The minimum absolute atomic E-state index is 0.186. The van der Waals surface area contributed by atoms with Crippen molar-refractivity contribution in [1.29, 1.82) is 0 Å². The molecule has 8 heteroatoms. The monoisotopic (exact) mass is 406 g/mol. The molecule has 0 aliphatic heterocycles. The summed E-state index contributed by atoms with van der Waals surface area (Å²) in [5.41, 5.74) is 0.141. The Balaban J connectivity index is 2.21. The Kier molecular flexibility index (Phi) is 6.43. The van der Waals surface area contributed by atoms with Gasteiger partial charge in [0.05, 0.1) is 28.9 Å². The van der Waals surface area contributed by atoms with Gasteiger partial charge in [0.2, 0.25) is 5.76 Å². The van der Waals surface area contributed by atoms with Crippen molar-refractivity contribution in [3.8, 4) is 16.9 Å². The Bertz CT molecular complexity index is 1040. The van der Waals surface area contributed by atoms with Crippen molar-refractivity contribution in [2.45, 2.75) is 13.3 Å². The Morgan fingerprint density at radius 1 is 1.21 bits per heavy atom. The average Bonchev–Trinajstić information content (AvgIpc) is 3.17. The topological polar surface area (TPSA) is 75.0 Å². The van der Waals surface area contributed by atoms with E-state index in [1.54, 1.807) is 11.4 Å². The van der Waals surface area contributed by atoms with Crippen LogP contribution in [0, 0.1) is 5.82 Å². The predicted octanol–water partition coefficient (Wildman–Crippen LogP) is 4.25. The lowest BCUT2D eigenvalue weighted by Gasteiger charge is -2.14. The molecule has 0 bridgehead atoms. The lowest BCUT2D eigenvalue weighted by atomic mass is 10.0. The van der Waals surface area contributed by atoms with Crippen molar-refractivity contribution >= 4 is 27.4 Å². The van der Waals surface area contributed by atoms with Gasteiger partial charge in [-0.25, -0.2) is 14.0 Å². The highest BCUT2D eigenvalue weighted by Crippen LogP contribution is 2.39. The first-order chi connectivity index (χ1) is 13.6. The first-order valence-corrected chi connectivity index (χ1v) is 9.57. The predicted molar refractivity (Wildman–Crippen MR) is 104 cm³/mol. The van der Waals surface area contributed by atoms with E-state index in [2.05, 4.69) is 0 Å². The van der Waals surface area contributed by atoms with Crippen LogP contribution >= 0.6 is 11.3 Å². The summed E-state index contributed by atoms with van der Waals surface area (Å²) >= 11 is 1.28. The SMILES string of the molecule is CCCOC(=O)c1oc(=O)c2ccsc2c1-c1ccc(F)cc1OCCOC. The summed E-state index contributed by atoms with van der Waals surface area (Å²) in [4.78, 5) is 24.9. The van der Waals surface area contributed by atoms with E-state index >= 15 is 0 Å². The molecule has 3 rings (SSSR count). The number of esters is 1. The van der Waals surface area contributed by atoms with Gasteiger partial charge in [-0.2, -0.15) is 0 Å². The fourth-order valence-corrected chi connectivity index (χ4v) is 3.61. The molecule has 28 heavy (non-hydrogen) atoms. The number of halogens is 1. The number of methoxy groups -OCH3 is 1. The summed E-state index contributed by atoms with van der Waals surface area (Å²) in [6, 6.07) is 5.58. The minimum Gasteiger partial charge on any atom is -0.490 e. The lowest BCUT2D eigenvalue weighted by molar-refractivity contribution is 0.0465. The number of rotatable bonds is 8. The number of carbonyl (C=O) groups is 1. The second-order valence-corrected chi connectivity index (χ2v) is 6.79. The average molecular weight is 406 g/mol. The molecule has 0 N–H and O–H groups in total. The molecule has 1 aromatic carbocycles. The van der Waals surface area contributed by atoms with Gasteiger partial charge in [-0.3, -0.25) is 0 Å². The Labute approximate surface area is 164 Å². The number of carbonyl (C=O) groups excluding carboxylic acids is 1. The van der Waals surface area contributed by atoms with Crippen molar-refractivity contribution in [2.75, 3.05) is 26.9 Å². The van der Waals surface area contributed by atoms with E-state index in [1.165, 1.54) is 36.6 Å². The number of ether oxygens (including phenoxy) is 3. The molecule has 0 aliphatic rings. The molecule has 0 fully saturated rings. The van der Waals surface area contributed by atoms with E-state index in [1.807, 2.05) is 6.92 Å². The Morgan fingerprint density at radius 2 is 2.04 bits per heavy atom. The van der Waals surface area contributed by atoms with Crippen LogP contribution in [0.15, 0.2) is 38.9 Å². The number of hydrogen-bond donors (Lipinski definition) is 0. The largest absolute Gasteiger partial charge is 0.490 e. The summed E-state index contributed by atoms with van der Waals surface area (Å²) in [6.07, 6.45) is 0.620. The van der Waals surface area contributed by atoms with Crippen molar-refractivity contribution in [3.63, 3.8) is 0 Å². The highest BCUT2D eigenvalue weighted by atomic mass is 32.1. The molecule has 6 nitrogen and oxygen atoms in total. The van der Waals surface area contributed by atoms with Gasteiger partial charge < -0.3 is 18.6 Å². The number of hydrogen-bond acceptors (Lipinski definition) is 7. The number of thiophene rings is 1. The summed E-state index contributed by atoms with van der Waals surface area (Å²) in [5.74, 6) is -1.26. The van der Waals surface area contributed by atoms with Gasteiger partial charge in [-0.1, -0.05) is 6.92 Å². The summed E-state index contributed by atoms with van der Waals surface area (Å²) in [6.45, 7) is 2.53. The third-order valence-corrected chi connectivity index (χ3v) is 4.85. The zero-order chi connectivity index (χ0) is 20.1. The van der Waals surface area contributed by atoms with Crippen molar-refractivity contribution < 1.29 is 27.8 Å². The van der Waals surface area contributed by atoms with Crippen LogP contribution in [0.5, 0.6) is 5.75 Å². The second kappa shape index (κ2) is 8.99. The summed E-state index contributed by atoms with van der Waals surface area (Å²) < 4.78 is 35.5. The van der Waals surface area contributed by atoms with E-state index < -0.39 is 17.4 Å². The van der Waals surface area contributed by atoms with Crippen LogP contribution in [-0.2, 0) is 9.47 Å². The van der Waals surface area contributed by atoms with Gasteiger partial charge in [0.15, 0.2) is 0 Å². The molecular formula is C20H19FO6S. The van der Waals surface area contributed by atoms with E-state index in [0.717, 1.165) is 0 Å². The van der Waals surface area contributed by atoms with Crippen molar-refractivity contribution in [1.82, 2.24) is 0 Å². The molecular weight excluding hydrogens is 387 g/mol. The van der Waals surface area contributed by atoms with Crippen LogP contribution in [0.2, 0.25) is 0 Å². The smallest absolute Gasteiger partial charge is 0.375 e. The van der Waals surface area contributed by atoms with E-state index in [9.17, 15) is 14.0 Å². The van der Waals surface area contributed by atoms with Gasteiger partial charge in [0.25, 0.3) is 0 Å². The molecule has 0 spiro atoms. The molecule has 2 aromatic heterocycles. The van der Waals surface area contributed by atoms with Gasteiger partial charge in [-0.15, -0.1) is 11.3 Å². The van der Waals surface area contributed by atoms with Crippen LogP contribution < -0.4 is 10.4 Å². The number of benzene rings is 1. The van der Waals surface area contributed by atoms with Crippen molar-refractivity contribution in [3.05, 3.63) is 51.6 Å². The van der Waals surface area contributed by atoms with Gasteiger partial charge >= 0.3 is 11.6 Å².